The average Bonchev–Trinajstić information content (AvgIpc) is 2.59. The normalized spacial score (nSPS) is 16.5. The van der Waals surface area contributed by atoms with E-state index >= 15 is 0 Å². The van der Waals surface area contributed by atoms with Crippen molar-refractivity contribution in [1.82, 2.24) is 10.6 Å². The molecule has 1 aliphatic carbocycles. The molecule has 0 aromatic heterocycles. The lowest BCUT2D eigenvalue weighted by Gasteiger charge is -2.35. The van der Waals surface area contributed by atoms with E-state index in [4.69, 9.17) is 20.4 Å². The Labute approximate surface area is 139 Å². The number of ketones is 1. The molecule has 1 aromatic carbocycles. The molecule has 0 saturated heterocycles. The third-order valence-corrected chi connectivity index (χ3v) is 3.69. The van der Waals surface area contributed by atoms with Crippen LogP contribution in [0.25, 0.3) is 0 Å². The fourth-order valence-electron chi connectivity index (χ4n) is 2.44. The third-order valence-electron chi connectivity index (χ3n) is 3.69. The first-order valence-corrected chi connectivity index (χ1v) is 7.63. The van der Waals surface area contributed by atoms with Gasteiger partial charge in [-0.3, -0.25) is 15.4 Å². The number of hydrogen-bond donors (Lipinski definition) is 6. The number of benzene rings is 1. The number of carbonyl (C=O) groups excluding carboxylic acids is 1. The minimum absolute atomic E-state index is 0.107. The number of nitrogens with one attached hydrogen (secondary N) is 2. The van der Waals surface area contributed by atoms with E-state index in [0.29, 0.717) is 17.6 Å². The fraction of sp³-hybridized carbons (Fsp3) is 0.353. The van der Waals surface area contributed by atoms with Crippen LogP contribution in [0.2, 0.25) is 0 Å². The molecule has 6 N–H and O–H groups in total. The average molecular weight is 334 g/mol. The molecule has 2 rings (SSSR count). The van der Waals surface area contributed by atoms with E-state index in [1.165, 1.54) is 0 Å². The smallest absolute Gasteiger partial charge is 0.192 e. The summed E-state index contributed by atoms with van der Waals surface area (Å²) in [5.41, 5.74) is 0.210. The molecule has 7 heteroatoms. The predicted octanol–water partition coefficient (Wildman–Crippen LogP) is -0.747. The highest BCUT2D eigenvalue weighted by Crippen LogP contribution is 2.21. The number of Topliss-reactive ketones (excluding diaryl/α,β-unsaturated/α-hetero) is 1. The van der Waals surface area contributed by atoms with Crippen molar-refractivity contribution in [2.75, 3.05) is 13.1 Å². The van der Waals surface area contributed by atoms with Gasteiger partial charge in [0.05, 0.1) is 5.66 Å². The summed E-state index contributed by atoms with van der Waals surface area (Å²) in [6.45, 7) is -0.233. The van der Waals surface area contributed by atoms with E-state index in [0.717, 1.165) is 0 Å². The maximum Gasteiger partial charge on any atom is 0.192 e. The van der Waals surface area contributed by atoms with Crippen molar-refractivity contribution in [3.8, 4) is 0 Å². The number of allylic oxidation sites excluding steroid dienone is 2. The molecule has 0 fully saturated rings. The summed E-state index contributed by atoms with van der Waals surface area (Å²) in [4.78, 5) is 12.4. The minimum atomic E-state index is -1.55. The van der Waals surface area contributed by atoms with Gasteiger partial charge >= 0.3 is 0 Å². The van der Waals surface area contributed by atoms with E-state index in [9.17, 15) is 4.79 Å². The SMILES string of the molecule is O=C(C1=CCC(NCC(O)O)(NCC(O)O)C=C1)c1ccccc1. The van der Waals surface area contributed by atoms with Crippen molar-refractivity contribution < 1.29 is 25.2 Å². The van der Waals surface area contributed by atoms with E-state index in [2.05, 4.69) is 10.6 Å². The van der Waals surface area contributed by atoms with Crippen molar-refractivity contribution >= 4 is 5.78 Å². The van der Waals surface area contributed by atoms with Crippen molar-refractivity contribution in [2.45, 2.75) is 24.7 Å². The van der Waals surface area contributed by atoms with Crippen LogP contribution in [0.5, 0.6) is 0 Å². The monoisotopic (exact) mass is 334 g/mol. The van der Waals surface area contributed by atoms with E-state index < -0.39 is 18.2 Å². The lowest BCUT2D eigenvalue weighted by molar-refractivity contribution is -0.0504. The number of carbonyl (C=O) groups is 1. The fourth-order valence-corrected chi connectivity index (χ4v) is 2.44. The Bertz CT molecular complexity index is 599. The van der Waals surface area contributed by atoms with Crippen molar-refractivity contribution in [1.29, 1.82) is 0 Å². The summed E-state index contributed by atoms with van der Waals surface area (Å²) in [6.07, 6.45) is 2.26. The molecule has 7 nitrogen and oxygen atoms in total. The molecule has 0 bridgehead atoms. The van der Waals surface area contributed by atoms with Gasteiger partial charge in [-0.1, -0.05) is 42.5 Å². The van der Waals surface area contributed by atoms with Gasteiger partial charge in [-0.15, -0.1) is 0 Å². The second kappa shape index (κ2) is 8.29. The Kier molecular flexibility index (Phi) is 6.38. The van der Waals surface area contributed by atoms with E-state index in [1.807, 2.05) is 6.07 Å². The maximum atomic E-state index is 12.4. The van der Waals surface area contributed by atoms with Crippen LogP contribution in [0, 0.1) is 0 Å². The first kappa shape index (κ1) is 18.5. The molecule has 0 saturated carbocycles. The Morgan fingerprint density at radius 2 is 1.62 bits per heavy atom. The van der Waals surface area contributed by atoms with Gasteiger partial charge in [-0.2, -0.15) is 0 Å². The molecule has 0 radical (unpaired) electrons. The van der Waals surface area contributed by atoms with E-state index in [-0.39, 0.29) is 18.9 Å². The minimum Gasteiger partial charge on any atom is -0.367 e. The highest BCUT2D eigenvalue weighted by Gasteiger charge is 2.29. The molecule has 1 aliphatic rings. The van der Waals surface area contributed by atoms with Gasteiger partial charge in [0.1, 0.15) is 0 Å². The Balaban J connectivity index is 2.10. The first-order valence-electron chi connectivity index (χ1n) is 7.63. The number of rotatable bonds is 8. The topological polar surface area (TPSA) is 122 Å². The van der Waals surface area contributed by atoms with E-state index in [1.54, 1.807) is 42.5 Å². The molecular formula is C17H22N2O5. The zero-order valence-electron chi connectivity index (χ0n) is 13.1. The van der Waals surface area contributed by atoms with Crippen LogP contribution >= 0.6 is 0 Å². The lowest BCUT2D eigenvalue weighted by atomic mass is 9.92. The van der Waals surface area contributed by atoms with Gasteiger partial charge in [-0.25, -0.2) is 0 Å². The zero-order valence-corrected chi connectivity index (χ0v) is 13.1. The van der Waals surface area contributed by atoms with Gasteiger partial charge in [0.15, 0.2) is 18.4 Å². The highest BCUT2D eigenvalue weighted by atomic mass is 16.5. The lowest BCUT2D eigenvalue weighted by Crippen LogP contribution is -2.59. The van der Waals surface area contributed by atoms with Crippen LogP contribution in [0.15, 0.2) is 54.1 Å². The summed E-state index contributed by atoms with van der Waals surface area (Å²) in [6, 6.07) is 8.89. The van der Waals surface area contributed by atoms with Crippen LogP contribution < -0.4 is 10.6 Å². The predicted molar refractivity (Wildman–Crippen MR) is 87.8 cm³/mol. The second-order valence-corrected chi connectivity index (χ2v) is 5.59. The van der Waals surface area contributed by atoms with Gasteiger partial charge in [-0.05, 0) is 6.08 Å². The summed E-state index contributed by atoms with van der Waals surface area (Å²) < 4.78 is 0. The number of hydrogen-bond acceptors (Lipinski definition) is 7. The molecule has 0 amide bonds. The Morgan fingerprint density at radius 3 is 2.08 bits per heavy atom. The quantitative estimate of drug-likeness (QED) is 0.273. The highest BCUT2D eigenvalue weighted by molar-refractivity contribution is 6.10. The Hall–Kier alpha value is -1.87. The summed E-state index contributed by atoms with van der Waals surface area (Å²) in [5.74, 6) is -0.107. The molecule has 130 valence electrons. The number of aliphatic hydroxyl groups excluding tert-OH is 2. The molecule has 24 heavy (non-hydrogen) atoms. The van der Waals surface area contributed by atoms with Crippen molar-refractivity contribution in [2.24, 2.45) is 0 Å². The molecule has 0 spiro atoms. The molecule has 1 aromatic rings. The maximum absolute atomic E-state index is 12.4. The summed E-state index contributed by atoms with van der Waals surface area (Å²) in [5, 5.41) is 42.0. The van der Waals surface area contributed by atoms with Crippen LogP contribution in [0.4, 0.5) is 0 Å². The van der Waals surface area contributed by atoms with Crippen LogP contribution in [-0.4, -0.2) is 57.5 Å². The van der Waals surface area contributed by atoms with Gasteiger partial charge < -0.3 is 20.4 Å². The van der Waals surface area contributed by atoms with Crippen molar-refractivity contribution in [3.63, 3.8) is 0 Å². The molecule has 0 atom stereocenters. The van der Waals surface area contributed by atoms with Gasteiger partial charge in [0.25, 0.3) is 0 Å². The zero-order chi connectivity index (χ0) is 17.6. The largest absolute Gasteiger partial charge is 0.367 e. The van der Waals surface area contributed by atoms with Crippen LogP contribution in [0.3, 0.4) is 0 Å². The summed E-state index contributed by atoms with van der Waals surface area (Å²) >= 11 is 0. The molecule has 0 heterocycles. The number of aliphatic hydroxyl groups is 4. The summed E-state index contributed by atoms with van der Waals surface area (Å²) in [7, 11) is 0. The van der Waals surface area contributed by atoms with Crippen molar-refractivity contribution in [3.05, 3.63) is 59.7 Å². The third kappa shape index (κ3) is 5.07. The first-order chi connectivity index (χ1) is 11.4. The van der Waals surface area contributed by atoms with Gasteiger partial charge in [0.2, 0.25) is 0 Å². The van der Waals surface area contributed by atoms with Crippen LogP contribution in [-0.2, 0) is 0 Å². The molecule has 0 unspecified atom stereocenters. The standard InChI is InChI=1S/C17H22N2O5/c20-14(21)10-18-17(19-11-15(22)23)8-6-13(7-9-17)16(24)12-4-2-1-3-5-12/h1-8,14-15,18-23H,9-11H2. The second-order valence-electron chi connectivity index (χ2n) is 5.59. The Morgan fingerprint density at radius 1 is 1.04 bits per heavy atom. The van der Waals surface area contributed by atoms with Crippen LogP contribution in [0.1, 0.15) is 16.8 Å². The van der Waals surface area contributed by atoms with Gasteiger partial charge in [0, 0.05) is 30.6 Å². The molecular weight excluding hydrogens is 312 g/mol. The molecule has 0 aliphatic heterocycles.